The number of para-hydroxylation sites is 1. The Morgan fingerprint density at radius 3 is 2.10 bits per heavy atom. The van der Waals surface area contributed by atoms with Crippen molar-refractivity contribution < 1.29 is 14.1 Å². The second-order valence-corrected chi connectivity index (χ2v) is 8.35. The number of aliphatic hydroxyl groups excluding tert-OH is 1. The van der Waals surface area contributed by atoms with Crippen LogP contribution >= 0.6 is 11.6 Å². The first kappa shape index (κ1) is 23.9. The maximum atomic E-state index is 11.2. The van der Waals surface area contributed by atoms with Gasteiger partial charge in [0.1, 0.15) is 22.5 Å². The second kappa shape index (κ2) is 12.4. The molecule has 3 aromatic carbocycles. The molecule has 0 amide bonds. The number of aliphatic hydroxyl groups is 1. The standard InChI is InChI=1S/C19H16ClNO2S.C5H12O/c1-24(22)21-19-12-9-15(13-18(19)20)14-7-10-17(11-8-14)23-16-5-3-2-4-6-16;1-3-4-5(2)6/h2-13,21H,1H3;5-6H,3-4H2,1-2H3. The lowest BCUT2D eigenvalue weighted by Gasteiger charge is -2.09. The molecule has 3 aromatic rings. The van der Waals surface area contributed by atoms with Gasteiger partial charge in [0.2, 0.25) is 0 Å². The lowest BCUT2D eigenvalue weighted by molar-refractivity contribution is 0.183. The van der Waals surface area contributed by atoms with E-state index in [2.05, 4.69) is 11.6 Å². The van der Waals surface area contributed by atoms with Crippen LogP contribution in [0.15, 0.2) is 72.8 Å². The molecule has 0 heterocycles. The zero-order valence-corrected chi connectivity index (χ0v) is 19.0. The average molecular weight is 446 g/mol. The van der Waals surface area contributed by atoms with Crippen molar-refractivity contribution in [1.29, 1.82) is 0 Å². The van der Waals surface area contributed by atoms with Gasteiger partial charge in [-0.2, -0.15) is 0 Å². The molecule has 2 atom stereocenters. The van der Waals surface area contributed by atoms with Crippen LogP contribution in [0, 0.1) is 0 Å². The first-order chi connectivity index (χ1) is 14.4. The number of nitrogens with one attached hydrogen (secondary N) is 1. The predicted octanol–water partition coefficient (Wildman–Crippen LogP) is 6.67. The van der Waals surface area contributed by atoms with Gasteiger partial charge in [-0.3, -0.25) is 0 Å². The number of anilines is 1. The third-order valence-electron chi connectivity index (χ3n) is 4.10. The average Bonchev–Trinajstić information content (AvgIpc) is 2.71. The Morgan fingerprint density at radius 1 is 1.00 bits per heavy atom. The molecule has 0 radical (unpaired) electrons. The summed E-state index contributed by atoms with van der Waals surface area (Å²) in [4.78, 5) is 0. The molecule has 0 aliphatic carbocycles. The lowest BCUT2D eigenvalue weighted by Crippen LogP contribution is -2.01. The van der Waals surface area contributed by atoms with Crippen LogP contribution in [0.1, 0.15) is 26.7 Å². The molecule has 30 heavy (non-hydrogen) atoms. The van der Waals surface area contributed by atoms with Crippen LogP contribution in [0.3, 0.4) is 0 Å². The highest BCUT2D eigenvalue weighted by molar-refractivity contribution is 7.85. The van der Waals surface area contributed by atoms with E-state index in [-0.39, 0.29) is 6.10 Å². The Balaban J connectivity index is 0.000000469. The molecule has 2 N–H and O–H groups in total. The van der Waals surface area contributed by atoms with E-state index in [1.54, 1.807) is 6.26 Å². The van der Waals surface area contributed by atoms with Gasteiger partial charge in [-0.1, -0.05) is 61.3 Å². The number of halogens is 1. The molecule has 0 spiro atoms. The summed E-state index contributed by atoms with van der Waals surface area (Å²) in [7, 11) is -1.15. The molecular weight excluding hydrogens is 418 g/mol. The largest absolute Gasteiger partial charge is 0.457 e. The Morgan fingerprint density at radius 2 is 1.60 bits per heavy atom. The normalized spacial score (nSPS) is 12.3. The van der Waals surface area contributed by atoms with Crippen molar-refractivity contribution in [3.05, 3.63) is 77.8 Å². The van der Waals surface area contributed by atoms with E-state index in [0.717, 1.165) is 35.5 Å². The summed E-state index contributed by atoms with van der Waals surface area (Å²) in [5, 5.41) is 9.09. The third-order valence-corrected chi connectivity index (χ3v) is 4.92. The Kier molecular flexibility index (Phi) is 9.87. The molecule has 0 aliphatic heterocycles. The molecule has 0 aromatic heterocycles. The summed E-state index contributed by atoms with van der Waals surface area (Å²) < 4.78 is 19.8. The molecular formula is C24H28ClNO3S. The van der Waals surface area contributed by atoms with Crippen molar-refractivity contribution >= 4 is 28.3 Å². The first-order valence-electron chi connectivity index (χ1n) is 9.80. The van der Waals surface area contributed by atoms with Crippen LogP contribution in [-0.2, 0) is 11.0 Å². The number of hydrogen-bond acceptors (Lipinski definition) is 3. The summed E-state index contributed by atoms with van der Waals surface area (Å²) in [6.45, 7) is 3.87. The fourth-order valence-corrected chi connectivity index (χ4v) is 3.46. The highest BCUT2D eigenvalue weighted by Gasteiger charge is 2.05. The molecule has 160 valence electrons. The van der Waals surface area contributed by atoms with Crippen molar-refractivity contribution in [2.24, 2.45) is 0 Å². The summed E-state index contributed by atoms with van der Waals surface area (Å²) >= 11 is 6.24. The number of ether oxygens (including phenoxy) is 1. The minimum Gasteiger partial charge on any atom is -0.457 e. The van der Waals surface area contributed by atoms with Crippen LogP contribution in [-0.4, -0.2) is 21.7 Å². The van der Waals surface area contributed by atoms with E-state index in [4.69, 9.17) is 21.4 Å². The zero-order valence-electron chi connectivity index (χ0n) is 17.5. The van der Waals surface area contributed by atoms with Gasteiger partial charge < -0.3 is 14.6 Å². The third kappa shape index (κ3) is 8.19. The summed E-state index contributed by atoms with van der Waals surface area (Å²) in [6, 6.07) is 23.1. The first-order valence-corrected chi connectivity index (χ1v) is 11.7. The lowest BCUT2D eigenvalue weighted by atomic mass is 10.1. The van der Waals surface area contributed by atoms with Gasteiger partial charge in [-0.05, 0) is 60.9 Å². The van der Waals surface area contributed by atoms with E-state index in [1.807, 2.05) is 79.7 Å². The molecule has 6 heteroatoms. The molecule has 2 unspecified atom stereocenters. The van der Waals surface area contributed by atoms with E-state index in [9.17, 15) is 4.21 Å². The van der Waals surface area contributed by atoms with E-state index < -0.39 is 11.0 Å². The van der Waals surface area contributed by atoms with Gasteiger partial charge in [-0.15, -0.1) is 0 Å². The quantitative estimate of drug-likeness (QED) is 0.426. The van der Waals surface area contributed by atoms with Crippen LogP contribution < -0.4 is 9.46 Å². The van der Waals surface area contributed by atoms with Crippen molar-refractivity contribution in [3.63, 3.8) is 0 Å². The molecule has 3 rings (SSSR count). The van der Waals surface area contributed by atoms with Crippen molar-refractivity contribution in [3.8, 4) is 22.6 Å². The van der Waals surface area contributed by atoms with Crippen LogP contribution in [0.5, 0.6) is 11.5 Å². The summed E-state index contributed by atoms with van der Waals surface area (Å²) in [6.07, 6.45) is 3.47. The van der Waals surface area contributed by atoms with Gasteiger partial charge in [0.25, 0.3) is 0 Å². The summed E-state index contributed by atoms with van der Waals surface area (Å²) in [5.74, 6) is 1.58. The SMILES string of the molecule is CCCC(C)O.CS(=O)Nc1ccc(-c2ccc(Oc3ccccc3)cc2)cc1Cl. The maximum absolute atomic E-state index is 11.2. The van der Waals surface area contributed by atoms with Crippen molar-refractivity contribution in [2.45, 2.75) is 32.8 Å². The number of hydrogen-bond donors (Lipinski definition) is 2. The monoisotopic (exact) mass is 445 g/mol. The van der Waals surface area contributed by atoms with Gasteiger partial charge in [0.15, 0.2) is 0 Å². The van der Waals surface area contributed by atoms with Gasteiger partial charge in [0.05, 0.1) is 16.8 Å². The molecule has 0 saturated heterocycles. The second-order valence-electron chi connectivity index (χ2n) is 6.83. The van der Waals surface area contributed by atoms with Gasteiger partial charge in [-0.25, -0.2) is 4.21 Å². The maximum Gasteiger partial charge on any atom is 0.127 e. The zero-order chi connectivity index (χ0) is 21.9. The van der Waals surface area contributed by atoms with Crippen LogP contribution in [0.4, 0.5) is 5.69 Å². The fraction of sp³-hybridized carbons (Fsp3) is 0.250. The number of rotatable bonds is 7. The Labute approximate surface area is 186 Å². The highest BCUT2D eigenvalue weighted by Crippen LogP contribution is 2.30. The fourth-order valence-electron chi connectivity index (χ4n) is 2.69. The molecule has 4 nitrogen and oxygen atoms in total. The van der Waals surface area contributed by atoms with Crippen molar-refractivity contribution in [1.82, 2.24) is 0 Å². The summed E-state index contributed by atoms with van der Waals surface area (Å²) in [5.41, 5.74) is 2.67. The van der Waals surface area contributed by atoms with Crippen molar-refractivity contribution in [2.75, 3.05) is 11.0 Å². The topological polar surface area (TPSA) is 58.6 Å². The van der Waals surface area contributed by atoms with Crippen LogP contribution in [0.25, 0.3) is 11.1 Å². The molecule has 0 bridgehead atoms. The molecule has 0 aliphatic rings. The minimum absolute atomic E-state index is 0.102. The Hall–Kier alpha value is -2.34. The van der Waals surface area contributed by atoms with E-state index in [0.29, 0.717) is 10.7 Å². The van der Waals surface area contributed by atoms with Gasteiger partial charge in [0, 0.05) is 6.26 Å². The smallest absolute Gasteiger partial charge is 0.127 e. The van der Waals surface area contributed by atoms with Gasteiger partial charge >= 0.3 is 0 Å². The molecule has 0 fully saturated rings. The predicted molar refractivity (Wildman–Crippen MR) is 128 cm³/mol. The van der Waals surface area contributed by atoms with E-state index >= 15 is 0 Å². The van der Waals surface area contributed by atoms with E-state index in [1.165, 1.54) is 0 Å². The number of benzene rings is 3. The van der Waals surface area contributed by atoms with Crippen LogP contribution in [0.2, 0.25) is 5.02 Å². The Bertz CT molecular complexity index is 931. The highest BCUT2D eigenvalue weighted by atomic mass is 35.5. The molecule has 0 saturated carbocycles. The minimum atomic E-state index is -1.15.